The molecular weight excluding hydrogens is 270 g/mol. The summed E-state index contributed by atoms with van der Waals surface area (Å²) in [5.74, 6) is -0.0532. The fraction of sp³-hybridized carbons (Fsp3) is 0.500. The molecule has 0 radical (unpaired) electrons. The quantitative estimate of drug-likeness (QED) is 0.825. The van der Waals surface area contributed by atoms with Crippen molar-refractivity contribution in [1.82, 2.24) is 4.90 Å². The van der Waals surface area contributed by atoms with Gasteiger partial charge in [0.15, 0.2) is 0 Å². The second-order valence-electron chi connectivity index (χ2n) is 5.23. The third-order valence-electron chi connectivity index (χ3n) is 3.86. The zero-order chi connectivity index (χ0) is 14.4. The van der Waals surface area contributed by atoms with E-state index in [0.717, 1.165) is 31.0 Å². The molecule has 104 valence electrons. The molecule has 0 amide bonds. The molecular formula is C16H18ClN3. The largest absolute Gasteiger partial charge is 0.295 e. The molecule has 2 unspecified atom stereocenters. The van der Waals surface area contributed by atoms with Gasteiger partial charge >= 0.3 is 0 Å². The molecule has 20 heavy (non-hydrogen) atoms. The highest BCUT2D eigenvalue weighted by atomic mass is 35.5. The first-order valence-corrected chi connectivity index (χ1v) is 7.38. The summed E-state index contributed by atoms with van der Waals surface area (Å²) in [5.41, 5.74) is 1.27. The standard InChI is InChI=1S/C16H18ClN3/c17-15-7-5-14(6-8-15)16-4-2-10-20(16)12-13(11-19)3-1-9-18/h5-8,13,16H,1-4,10,12H2. The molecule has 1 aliphatic rings. The SMILES string of the molecule is N#CCCC(C#N)CN1CCCC1c1ccc(Cl)cc1. The Hall–Kier alpha value is -1.55. The molecule has 1 aliphatic heterocycles. The van der Waals surface area contributed by atoms with Crippen LogP contribution >= 0.6 is 11.6 Å². The van der Waals surface area contributed by atoms with Gasteiger partial charge in [-0.15, -0.1) is 0 Å². The lowest BCUT2D eigenvalue weighted by Crippen LogP contribution is -2.28. The van der Waals surface area contributed by atoms with Gasteiger partial charge in [-0.1, -0.05) is 23.7 Å². The van der Waals surface area contributed by atoms with E-state index in [9.17, 15) is 5.26 Å². The Bertz CT molecular complexity index is 512. The number of nitriles is 2. The summed E-state index contributed by atoms with van der Waals surface area (Å²) in [5, 5.41) is 18.6. The Balaban J connectivity index is 2.02. The summed E-state index contributed by atoms with van der Waals surface area (Å²) in [4.78, 5) is 2.37. The fourth-order valence-corrected chi connectivity index (χ4v) is 2.95. The van der Waals surface area contributed by atoms with Crippen molar-refractivity contribution in [3.8, 4) is 12.1 Å². The maximum atomic E-state index is 9.20. The highest BCUT2D eigenvalue weighted by Crippen LogP contribution is 2.33. The zero-order valence-electron chi connectivity index (χ0n) is 11.4. The van der Waals surface area contributed by atoms with Crippen molar-refractivity contribution in [3.63, 3.8) is 0 Å². The normalized spacial score (nSPS) is 20.2. The Kier molecular flexibility index (Phi) is 5.41. The van der Waals surface area contributed by atoms with E-state index in [2.05, 4.69) is 29.2 Å². The summed E-state index contributed by atoms with van der Waals surface area (Å²) in [6.07, 6.45) is 3.40. The van der Waals surface area contributed by atoms with E-state index >= 15 is 0 Å². The molecule has 3 nitrogen and oxygen atoms in total. The van der Waals surface area contributed by atoms with Crippen molar-refractivity contribution in [2.75, 3.05) is 13.1 Å². The number of hydrogen-bond acceptors (Lipinski definition) is 3. The Morgan fingerprint density at radius 1 is 1.30 bits per heavy atom. The first kappa shape index (κ1) is 14.9. The average Bonchev–Trinajstić information content (AvgIpc) is 2.92. The van der Waals surface area contributed by atoms with Gasteiger partial charge in [-0.25, -0.2) is 0 Å². The first-order chi connectivity index (χ1) is 9.74. The van der Waals surface area contributed by atoms with Gasteiger partial charge in [0.1, 0.15) is 0 Å². The van der Waals surface area contributed by atoms with Crippen LogP contribution in [0.1, 0.15) is 37.3 Å². The van der Waals surface area contributed by atoms with Crippen LogP contribution in [0.4, 0.5) is 0 Å². The third-order valence-corrected chi connectivity index (χ3v) is 4.11. The van der Waals surface area contributed by atoms with Gasteiger partial charge in [0.05, 0.1) is 18.1 Å². The van der Waals surface area contributed by atoms with Crippen molar-refractivity contribution in [2.45, 2.75) is 31.7 Å². The van der Waals surface area contributed by atoms with Crippen LogP contribution in [0, 0.1) is 28.6 Å². The number of rotatable bonds is 5. The smallest absolute Gasteiger partial charge is 0.0669 e. The average molecular weight is 288 g/mol. The van der Waals surface area contributed by atoms with Crippen molar-refractivity contribution in [3.05, 3.63) is 34.9 Å². The second-order valence-corrected chi connectivity index (χ2v) is 5.66. The predicted molar refractivity (Wildman–Crippen MR) is 79.0 cm³/mol. The highest BCUT2D eigenvalue weighted by molar-refractivity contribution is 6.30. The molecule has 4 heteroatoms. The van der Waals surface area contributed by atoms with E-state index in [1.54, 1.807) is 0 Å². The van der Waals surface area contributed by atoms with Gasteiger partial charge in [0, 0.05) is 24.0 Å². The summed E-state index contributed by atoms with van der Waals surface area (Å²) >= 11 is 5.93. The predicted octanol–water partition coefficient (Wildman–Crippen LogP) is 3.92. The molecule has 2 atom stereocenters. The maximum Gasteiger partial charge on any atom is 0.0669 e. The van der Waals surface area contributed by atoms with Gasteiger partial charge in [0.25, 0.3) is 0 Å². The van der Waals surface area contributed by atoms with Crippen LogP contribution in [0.3, 0.4) is 0 Å². The molecule has 0 bridgehead atoms. The molecule has 0 saturated carbocycles. The number of hydrogen-bond donors (Lipinski definition) is 0. The van der Waals surface area contributed by atoms with Crippen LogP contribution in [-0.4, -0.2) is 18.0 Å². The molecule has 1 aromatic carbocycles. The van der Waals surface area contributed by atoms with Crippen LogP contribution in [0.25, 0.3) is 0 Å². The molecule has 0 N–H and O–H groups in total. The summed E-state index contributed by atoms with van der Waals surface area (Å²) in [6, 6.07) is 12.8. The van der Waals surface area contributed by atoms with E-state index in [-0.39, 0.29) is 5.92 Å². The van der Waals surface area contributed by atoms with Crippen molar-refractivity contribution >= 4 is 11.6 Å². The number of halogens is 1. The molecule has 0 aromatic heterocycles. The Labute approximate surface area is 125 Å². The van der Waals surface area contributed by atoms with Gasteiger partial charge in [-0.2, -0.15) is 10.5 Å². The monoisotopic (exact) mass is 287 g/mol. The van der Waals surface area contributed by atoms with Crippen molar-refractivity contribution in [1.29, 1.82) is 10.5 Å². The Morgan fingerprint density at radius 2 is 2.05 bits per heavy atom. The summed E-state index contributed by atoms with van der Waals surface area (Å²) in [6.45, 7) is 1.78. The highest BCUT2D eigenvalue weighted by Gasteiger charge is 2.27. The lowest BCUT2D eigenvalue weighted by atomic mass is 10.0. The van der Waals surface area contributed by atoms with Gasteiger partial charge in [0.2, 0.25) is 0 Å². The maximum absolute atomic E-state index is 9.20. The number of nitrogens with zero attached hydrogens (tertiary/aromatic N) is 3. The van der Waals surface area contributed by atoms with E-state index < -0.39 is 0 Å². The van der Waals surface area contributed by atoms with E-state index in [0.29, 0.717) is 18.9 Å². The first-order valence-electron chi connectivity index (χ1n) is 7.00. The molecule has 1 fully saturated rings. The summed E-state index contributed by atoms with van der Waals surface area (Å²) < 4.78 is 0. The lowest BCUT2D eigenvalue weighted by molar-refractivity contribution is 0.231. The lowest BCUT2D eigenvalue weighted by Gasteiger charge is -2.26. The van der Waals surface area contributed by atoms with E-state index in [1.165, 1.54) is 5.56 Å². The summed E-state index contributed by atoms with van der Waals surface area (Å²) in [7, 11) is 0. The van der Waals surface area contributed by atoms with E-state index in [1.807, 2.05) is 12.1 Å². The molecule has 1 heterocycles. The van der Waals surface area contributed by atoms with Crippen LogP contribution in [-0.2, 0) is 0 Å². The second kappa shape index (κ2) is 7.29. The number of likely N-dealkylation sites (tertiary alicyclic amines) is 1. The Morgan fingerprint density at radius 3 is 2.70 bits per heavy atom. The van der Waals surface area contributed by atoms with Crippen LogP contribution < -0.4 is 0 Å². The zero-order valence-corrected chi connectivity index (χ0v) is 12.2. The van der Waals surface area contributed by atoms with Crippen LogP contribution in [0.15, 0.2) is 24.3 Å². The van der Waals surface area contributed by atoms with Crippen LogP contribution in [0.2, 0.25) is 5.02 Å². The molecule has 0 aliphatic carbocycles. The fourth-order valence-electron chi connectivity index (χ4n) is 2.83. The third kappa shape index (κ3) is 3.73. The molecule has 1 saturated heterocycles. The number of benzene rings is 1. The van der Waals surface area contributed by atoms with Crippen molar-refractivity contribution < 1.29 is 0 Å². The topological polar surface area (TPSA) is 50.8 Å². The minimum absolute atomic E-state index is 0.0532. The van der Waals surface area contributed by atoms with E-state index in [4.69, 9.17) is 16.9 Å². The minimum Gasteiger partial charge on any atom is -0.295 e. The minimum atomic E-state index is -0.0532. The van der Waals surface area contributed by atoms with Gasteiger partial charge in [-0.3, -0.25) is 4.90 Å². The van der Waals surface area contributed by atoms with Gasteiger partial charge in [-0.05, 0) is 43.5 Å². The molecule has 1 aromatic rings. The molecule has 0 spiro atoms. The van der Waals surface area contributed by atoms with Gasteiger partial charge < -0.3 is 0 Å². The van der Waals surface area contributed by atoms with Crippen molar-refractivity contribution in [2.24, 2.45) is 5.92 Å². The van der Waals surface area contributed by atoms with Crippen LogP contribution in [0.5, 0.6) is 0 Å². The molecule has 2 rings (SSSR count).